The maximum absolute atomic E-state index is 13.5. The van der Waals surface area contributed by atoms with E-state index in [9.17, 15) is 4.39 Å². The molecule has 4 heteroatoms. The highest BCUT2D eigenvalue weighted by Gasteiger charge is 2.21. The summed E-state index contributed by atoms with van der Waals surface area (Å²) in [6.07, 6.45) is 0. The second-order valence-corrected chi connectivity index (χ2v) is 5.79. The summed E-state index contributed by atoms with van der Waals surface area (Å²) >= 11 is 3.25. The molecule has 0 radical (unpaired) electrons. The van der Waals surface area contributed by atoms with Crippen LogP contribution >= 0.6 is 15.9 Å². The molecule has 2 aromatic rings. The summed E-state index contributed by atoms with van der Waals surface area (Å²) < 4.78 is 14.0. The molecule has 0 unspecified atom stereocenters. The highest BCUT2D eigenvalue weighted by atomic mass is 79.9. The first-order valence-electron chi connectivity index (χ1n) is 6.12. The smallest absolute Gasteiger partial charge is 0.137 e. The first-order valence-corrected chi connectivity index (χ1v) is 6.92. The van der Waals surface area contributed by atoms with Crippen molar-refractivity contribution >= 4 is 27.3 Å². The molecule has 1 aliphatic heterocycles. The van der Waals surface area contributed by atoms with Gasteiger partial charge in [0.25, 0.3) is 0 Å². The maximum atomic E-state index is 13.5. The molecule has 0 amide bonds. The van der Waals surface area contributed by atoms with Crippen molar-refractivity contribution in [3.63, 3.8) is 0 Å². The zero-order valence-corrected chi connectivity index (χ0v) is 12.2. The van der Waals surface area contributed by atoms with Crippen molar-refractivity contribution in [2.75, 3.05) is 10.6 Å². The minimum Gasteiger partial charge on any atom is -0.399 e. The van der Waals surface area contributed by atoms with E-state index in [0.29, 0.717) is 4.47 Å². The van der Waals surface area contributed by atoms with Gasteiger partial charge in [0.05, 0.1) is 4.47 Å². The molecule has 0 aromatic heterocycles. The zero-order chi connectivity index (χ0) is 13.6. The van der Waals surface area contributed by atoms with Crippen LogP contribution in [0.25, 0.3) is 0 Å². The summed E-state index contributed by atoms with van der Waals surface area (Å²) in [6, 6.07) is 9.42. The van der Waals surface area contributed by atoms with Gasteiger partial charge in [-0.3, -0.25) is 0 Å². The van der Waals surface area contributed by atoms with Crippen LogP contribution in [-0.2, 0) is 13.1 Å². The molecular weight excluding hydrogens is 307 g/mol. The molecule has 0 fully saturated rings. The van der Waals surface area contributed by atoms with E-state index in [1.54, 1.807) is 6.07 Å². The van der Waals surface area contributed by atoms with Crippen molar-refractivity contribution in [2.45, 2.75) is 20.0 Å². The van der Waals surface area contributed by atoms with E-state index in [1.165, 1.54) is 11.1 Å². The number of benzene rings is 2. The first-order chi connectivity index (χ1) is 9.04. The van der Waals surface area contributed by atoms with E-state index >= 15 is 0 Å². The van der Waals surface area contributed by atoms with Crippen molar-refractivity contribution in [2.24, 2.45) is 0 Å². The van der Waals surface area contributed by atoms with Crippen LogP contribution in [0.5, 0.6) is 0 Å². The molecule has 2 nitrogen and oxygen atoms in total. The number of rotatable bonds is 1. The van der Waals surface area contributed by atoms with Gasteiger partial charge in [-0.05, 0) is 63.8 Å². The number of anilines is 2. The number of nitrogens with two attached hydrogens (primary N) is 1. The van der Waals surface area contributed by atoms with Crippen LogP contribution < -0.4 is 10.6 Å². The van der Waals surface area contributed by atoms with Gasteiger partial charge in [0, 0.05) is 24.5 Å². The third-order valence-corrected chi connectivity index (χ3v) is 4.14. The third kappa shape index (κ3) is 2.21. The summed E-state index contributed by atoms with van der Waals surface area (Å²) in [5, 5.41) is 0. The van der Waals surface area contributed by atoms with Crippen LogP contribution in [0.2, 0.25) is 0 Å². The van der Waals surface area contributed by atoms with Gasteiger partial charge in [-0.1, -0.05) is 6.07 Å². The Morgan fingerprint density at radius 3 is 2.68 bits per heavy atom. The normalized spacial score (nSPS) is 13.7. The van der Waals surface area contributed by atoms with Crippen molar-refractivity contribution in [3.05, 3.63) is 57.3 Å². The van der Waals surface area contributed by atoms with Crippen molar-refractivity contribution in [3.8, 4) is 0 Å². The minimum atomic E-state index is -0.220. The molecule has 1 heterocycles. The van der Waals surface area contributed by atoms with Gasteiger partial charge < -0.3 is 10.6 Å². The van der Waals surface area contributed by atoms with Gasteiger partial charge in [0.2, 0.25) is 0 Å². The number of halogens is 2. The Balaban J connectivity index is 1.97. The van der Waals surface area contributed by atoms with Crippen LogP contribution in [0, 0.1) is 12.7 Å². The Bertz CT molecular complexity index is 655. The lowest BCUT2D eigenvalue weighted by Gasteiger charge is -2.20. The van der Waals surface area contributed by atoms with Crippen LogP contribution in [0.3, 0.4) is 0 Å². The van der Waals surface area contributed by atoms with E-state index in [2.05, 4.69) is 26.9 Å². The summed E-state index contributed by atoms with van der Waals surface area (Å²) in [6.45, 7) is 3.59. The largest absolute Gasteiger partial charge is 0.399 e. The molecule has 0 spiro atoms. The summed E-state index contributed by atoms with van der Waals surface area (Å²) in [4.78, 5) is 2.24. The zero-order valence-electron chi connectivity index (χ0n) is 10.6. The Labute approximate surface area is 120 Å². The van der Waals surface area contributed by atoms with Crippen LogP contribution in [0.4, 0.5) is 15.8 Å². The van der Waals surface area contributed by atoms with E-state index in [-0.39, 0.29) is 5.82 Å². The van der Waals surface area contributed by atoms with Gasteiger partial charge in [-0.2, -0.15) is 0 Å². The van der Waals surface area contributed by atoms with Gasteiger partial charge in [-0.25, -0.2) is 4.39 Å². The third-order valence-electron chi connectivity index (χ3n) is 3.53. The van der Waals surface area contributed by atoms with Crippen LogP contribution in [0.15, 0.2) is 34.8 Å². The molecule has 2 N–H and O–H groups in total. The molecule has 0 saturated heterocycles. The fourth-order valence-corrected chi connectivity index (χ4v) is 2.89. The Hall–Kier alpha value is -1.55. The quantitative estimate of drug-likeness (QED) is 0.805. The number of hydrogen-bond donors (Lipinski definition) is 1. The summed E-state index contributed by atoms with van der Waals surface area (Å²) in [5.74, 6) is -0.220. The fraction of sp³-hybridized carbons (Fsp3) is 0.200. The SMILES string of the molecule is Cc1cc(F)c(Br)cc1N1Cc2ccc(N)cc2C1. The van der Waals surface area contributed by atoms with Gasteiger partial charge in [0.1, 0.15) is 5.82 Å². The van der Waals surface area contributed by atoms with E-state index < -0.39 is 0 Å². The molecule has 1 aliphatic rings. The highest BCUT2D eigenvalue weighted by molar-refractivity contribution is 9.10. The molecule has 19 heavy (non-hydrogen) atoms. The maximum Gasteiger partial charge on any atom is 0.137 e. The molecular formula is C15H14BrFN2. The number of nitrogens with zero attached hydrogens (tertiary/aromatic N) is 1. The number of hydrogen-bond acceptors (Lipinski definition) is 2. The minimum absolute atomic E-state index is 0.220. The van der Waals surface area contributed by atoms with Crippen LogP contribution in [-0.4, -0.2) is 0 Å². The van der Waals surface area contributed by atoms with Gasteiger partial charge in [0.15, 0.2) is 0 Å². The number of aryl methyl sites for hydroxylation is 1. The Morgan fingerprint density at radius 2 is 1.89 bits per heavy atom. The predicted octanol–water partition coefficient (Wildman–Crippen LogP) is 4.00. The Kier molecular flexibility index (Phi) is 2.97. The Morgan fingerprint density at radius 1 is 1.16 bits per heavy atom. The van der Waals surface area contributed by atoms with Crippen molar-refractivity contribution < 1.29 is 4.39 Å². The molecule has 98 valence electrons. The molecule has 0 atom stereocenters. The average molecular weight is 321 g/mol. The molecule has 3 rings (SSSR count). The second-order valence-electron chi connectivity index (χ2n) is 4.94. The van der Waals surface area contributed by atoms with Gasteiger partial charge >= 0.3 is 0 Å². The average Bonchev–Trinajstić information content (AvgIpc) is 2.76. The monoisotopic (exact) mass is 320 g/mol. The van der Waals surface area contributed by atoms with Crippen molar-refractivity contribution in [1.82, 2.24) is 0 Å². The highest BCUT2D eigenvalue weighted by Crippen LogP contribution is 2.34. The van der Waals surface area contributed by atoms with Crippen molar-refractivity contribution in [1.29, 1.82) is 0 Å². The lowest BCUT2D eigenvalue weighted by atomic mass is 10.1. The molecule has 0 bridgehead atoms. The van der Waals surface area contributed by atoms with Gasteiger partial charge in [-0.15, -0.1) is 0 Å². The summed E-state index contributed by atoms with van der Waals surface area (Å²) in [5.41, 5.74) is 11.1. The molecule has 0 aliphatic carbocycles. The fourth-order valence-electron chi connectivity index (χ4n) is 2.56. The number of nitrogen functional groups attached to an aromatic ring is 1. The van der Waals surface area contributed by atoms with E-state index in [0.717, 1.165) is 30.0 Å². The number of fused-ring (bicyclic) bond motifs is 1. The molecule has 0 saturated carbocycles. The summed E-state index contributed by atoms with van der Waals surface area (Å²) in [7, 11) is 0. The lowest BCUT2D eigenvalue weighted by Crippen LogP contribution is -2.15. The second kappa shape index (κ2) is 4.53. The first kappa shape index (κ1) is 12.5. The van der Waals surface area contributed by atoms with E-state index in [1.807, 2.05) is 25.1 Å². The lowest BCUT2D eigenvalue weighted by molar-refractivity contribution is 0.619. The van der Waals surface area contributed by atoms with E-state index in [4.69, 9.17) is 5.73 Å². The standard InChI is InChI=1S/C15H14BrFN2/c1-9-4-14(17)13(16)6-15(9)19-7-10-2-3-12(18)5-11(10)8-19/h2-6H,7-8,18H2,1H3. The molecule has 2 aromatic carbocycles. The topological polar surface area (TPSA) is 29.3 Å². The predicted molar refractivity (Wildman–Crippen MR) is 79.6 cm³/mol. The van der Waals surface area contributed by atoms with Crippen LogP contribution in [0.1, 0.15) is 16.7 Å².